The Labute approximate surface area is 274 Å². The second-order valence-electron chi connectivity index (χ2n) is 12.9. The normalized spacial score (nSPS) is 20.1. The Bertz CT molecular complexity index is 1620. The van der Waals surface area contributed by atoms with Crippen LogP contribution in [0.3, 0.4) is 0 Å². The minimum Gasteiger partial charge on any atom is -0.491 e. The minimum atomic E-state index is -2.77. The Morgan fingerprint density at radius 1 is 1.22 bits per heavy atom. The molecule has 1 heterocycles. The second kappa shape index (κ2) is 13.3. The van der Waals surface area contributed by atoms with Crippen molar-refractivity contribution in [1.82, 2.24) is 10.3 Å². The van der Waals surface area contributed by atoms with Gasteiger partial charge in [-0.05, 0) is 81.7 Å². The van der Waals surface area contributed by atoms with Crippen molar-refractivity contribution in [1.29, 1.82) is 0 Å². The van der Waals surface area contributed by atoms with Gasteiger partial charge in [-0.15, -0.1) is 0 Å². The topological polar surface area (TPSA) is 89.6 Å². The maximum Gasteiger partial charge on any atom is 0.251 e. The third-order valence-electron chi connectivity index (χ3n) is 9.11. The number of rotatable bonds is 13. The van der Waals surface area contributed by atoms with E-state index in [1.165, 1.54) is 6.21 Å². The van der Waals surface area contributed by atoms with E-state index < -0.39 is 29.5 Å². The van der Waals surface area contributed by atoms with Crippen LogP contribution in [0.2, 0.25) is 0 Å². The van der Waals surface area contributed by atoms with Crippen LogP contribution in [0.15, 0.2) is 52.5 Å². The number of halogens is 4. The number of ether oxygens (including phenoxy) is 1. The molecule has 3 aliphatic rings. The van der Waals surface area contributed by atoms with E-state index in [0.717, 1.165) is 24.0 Å². The van der Waals surface area contributed by atoms with Gasteiger partial charge in [0.1, 0.15) is 11.4 Å². The Kier molecular flexibility index (Phi) is 9.73. The van der Waals surface area contributed by atoms with Gasteiger partial charge in [0.15, 0.2) is 5.79 Å². The number of carbonyl (C=O) groups excluding carboxylic acids is 1. The average molecular weight is 655 g/mol. The first-order valence-electron chi connectivity index (χ1n) is 15.9. The lowest BCUT2D eigenvalue weighted by molar-refractivity contribution is -0.117. The molecule has 1 aromatic heterocycles. The summed E-state index contributed by atoms with van der Waals surface area (Å²) in [7, 11) is 0. The molecule has 2 aromatic rings. The predicted molar refractivity (Wildman–Crippen MR) is 179 cm³/mol. The molecule has 1 amide bonds. The van der Waals surface area contributed by atoms with Gasteiger partial charge in [-0.3, -0.25) is 9.79 Å². The highest BCUT2D eigenvalue weighted by atomic mass is 35.5. The lowest BCUT2D eigenvalue weighted by atomic mass is 9.71. The summed E-state index contributed by atoms with van der Waals surface area (Å²) in [5.41, 5.74) is 11.6. The number of anilines is 1. The molecule has 0 bridgehead atoms. The number of aliphatic imine (C=N–C) groups is 1. The third kappa shape index (κ3) is 7.51. The molecule has 1 unspecified atom stereocenters. The molecule has 246 valence electrons. The van der Waals surface area contributed by atoms with Crippen LogP contribution < -0.4 is 15.8 Å². The number of allylic oxidation sites excluding steroid dienone is 5. The smallest absolute Gasteiger partial charge is 0.251 e. The highest BCUT2D eigenvalue weighted by Gasteiger charge is 2.49. The monoisotopic (exact) mass is 654 g/mol. The van der Waals surface area contributed by atoms with Crippen molar-refractivity contribution in [3.05, 3.63) is 81.2 Å². The number of hydrogen-bond acceptors (Lipinski definition) is 5. The fourth-order valence-electron chi connectivity index (χ4n) is 5.96. The summed E-state index contributed by atoms with van der Waals surface area (Å²) >= 11 is 6.97. The number of aryl methyl sites for hydroxylation is 2. The lowest BCUT2D eigenvalue weighted by Crippen LogP contribution is -2.43. The number of nitrogens with one attached hydrogen (secondary N) is 1. The van der Waals surface area contributed by atoms with Crippen LogP contribution in [0.5, 0.6) is 5.75 Å². The van der Waals surface area contributed by atoms with Crippen LogP contribution in [0.25, 0.3) is 5.57 Å². The fraction of sp³-hybridized carbons (Fsp3) is 0.472. The Morgan fingerprint density at radius 2 is 1.91 bits per heavy atom. The maximum atomic E-state index is 14.2. The van der Waals surface area contributed by atoms with Crippen molar-refractivity contribution in [3.63, 3.8) is 0 Å². The Balaban J connectivity index is 1.48. The first kappa shape index (κ1) is 33.8. The SMILES string of the molecule is C=C/C=C(\C(Cl)=C(/C)C1CC1)c1nc(C(CNC(=O)c2cc(C)c(N)c(/C=N/C3(F)CC3)c2)C2CC(F)(F)C2)cc(C)c1OCC. The molecule has 3 N–H and O–H groups in total. The minimum absolute atomic E-state index is 0.0745. The number of carbonyl (C=O) groups is 1. The summed E-state index contributed by atoms with van der Waals surface area (Å²) in [6, 6.07) is 5.07. The van der Waals surface area contributed by atoms with Gasteiger partial charge in [0.05, 0.1) is 6.61 Å². The molecule has 0 radical (unpaired) electrons. The molecule has 1 atom stereocenters. The predicted octanol–water partition coefficient (Wildman–Crippen LogP) is 8.61. The van der Waals surface area contributed by atoms with Crippen LogP contribution in [0, 0.1) is 25.7 Å². The van der Waals surface area contributed by atoms with Gasteiger partial charge in [0.2, 0.25) is 5.92 Å². The molecule has 5 rings (SSSR count). The van der Waals surface area contributed by atoms with Gasteiger partial charge in [-0.1, -0.05) is 35.9 Å². The molecule has 3 aliphatic carbocycles. The number of benzene rings is 1. The maximum absolute atomic E-state index is 14.2. The van der Waals surface area contributed by atoms with E-state index in [9.17, 15) is 18.0 Å². The lowest BCUT2D eigenvalue weighted by Gasteiger charge is -2.40. The fourth-order valence-corrected chi connectivity index (χ4v) is 6.26. The van der Waals surface area contributed by atoms with Crippen LogP contribution in [-0.2, 0) is 0 Å². The second-order valence-corrected chi connectivity index (χ2v) is 13.3. The van der Waals surface area contributed by atoms with Gasteiger partial charge < -0.3 is 15.8 Å². The van der Waals surface area contributed by atoms with Crippen molar-refractivity contribution < 1.29 is 22.7 Å². The zero-order valence-electron chi connectivity index (χ0n) is 26.9. The zero-order chi connectivity index (χ0) is 33.4. The van der Waals surface area contributed by atoms with E-state index in [4.69, 9.17) is 27.1 Å². The van der Waals surface area contributed by atoms with Gasteiger partial charge >= 0.3 is 0 Å². The summed E-state index contributed by atoms with van der Waals surface area (Å²) in [5.74, 6) is -4.67. The van der Waals surface area contributed by atoms with Gasteiger partial charge in [0.25, 0.3) is 5.91 Å². The molecule has 1 aromatic carbocycles. The average Bonchev–Trinajstić information content (AvgIpc) is 3.94. The standard InChI is InChI=1S/C36H42ClF3N4O2/c1-6-8-27(30(37)22(5)23-9-10-23)32-33(46-7-2)21(4)14-29(44-32)28(26-16-35(38,39)17-26)19-42-34(45)24-13-20(3)31(41)25(15-24)18-43-36(40)11-12-36/h6,8,13-15,18,23,26,28H,1,7,9-12,16-17,19,41H2,2-5H3,(H,42,45)/b27-8+,30-22-,43-18+. The molecule has 46 heavy (non-hydrogen) atoms. The Hall–Kier alpha value is -3.59. The van der Waals surface area contributed by atoms with E-state index in [1.807, 2.05) is 26.8 Å². The number of nitrogen functional groups attached to an aromatic ring is 1. The summed E-state index contributed by atoms with van der Waals surface area (Å²) in [4.78, 5) is 22.5. The molecule has 3 saturated carbocycles. The molecule has 10 heteroatoms. The van der Waals surface area contributed by atoms with E-state index >= 15 is 0 Å². The van der Waals surface area contributed by atoms with Crippen molar-refractivity contribution in [3.8, 4) is 5.75 Å². The molecule has 0 aliphatic heterocycles. The van der Waals surface area contributed by atoms with Gasteiger partial charge in [-0.2, -0.15) is 0 Å². The van der Waals surface area contributed by atoms with Crippen LogP contribution in [0.4, 0.5) is 18.9 Å². The van der Waals surface area contributed by atoms with E-state index in [0.29, 0.717) is 75.5 Å². The summed E-state index contributed by atoms with van der Waals surface area (Å²) < 4.78 is 48.6. The van der Waals surface area contributed by atoms with Crippen molar-refractivity contribution in [2.75, 3.05) is 18.9 Å². The summed E-state index contributed by atoms with van der Waals surface area (Å²) in [6.45, 7) is 11.9. The van der Waals surface area contributed by atoms with Crippen LogP contribution >= 0.6 is 11.6 Å². The highest BCUT2D eigenvalue weighted by Crippen LogP contribution is 2.50. The number of nitrogens with two attached hydrogens (primary N) is 1. The van der Waals surface area contributed by atoms with E-state index in [1.54, 1.807) is 31.2 Å². The number of hydrogen-bond donors (Lipinski definition) is 2. The molecule has 0 spiro atoms. The molecular formula is C36H42ClF3N4O2. The molecule has 3 fully saturated rings. The van der Waals surface area contributed by atoms with Gasteiger partial charge in [-0.25, -0.2) is 18.2 Å². The molecule has 0 saturated heterocycles. The largest absolute Gasteiger partial charge is 0.491 e. The van der Waals surface area contributed by atoms with Crippen molar-refractivity contribution in [2.24, 2.45) is 16.8 Å². The quantitative estimate of drug-likeness (QED) is 0.0980. The van der Waals surface area contributed by atoms with Gasteiger partial charge in [0, 0.05) is 77.5 Å². The number of pyridine rings is 1. The first-order chi connectivity index (χ1) is 21.8. The number of nitrogens with zero attached hydrogens (tertiary/aromatic N) is 2. The molecule has 6 nitrogen and oxygen atoms in total. The van der Waals surface area contributed by atoms with E-state index in [2.05, 4.69) is 16.9 Å². The number of aromatic nitrogens is 1. The zero-order valence-corrected chi connectivity index (χ0v) is 27.6. The summed E-state index contributed by atoms with van der Waals surface area (Å²) in [6.07, 6.45) is 7.08. The third-order valence-corrected chi connectivity index (χ3v) is 9.61. The highest BCUT2D eigenvalue weighted by molar-refractivity contribution is 6.37. The van der Waals surface area contributed by atoms with Crippen molar-refractivity contribution in [2.45, 2.75) is 83.9 Å². The number of alkyl halides is 3. The number of amides is 1. The van der Waals surface area contributed by atoms with Crippen molar-refractivity contribution >= 4 is 35.0 Å². The first-order valence-corrected chi connectivity index (χ1v) is 16.3. The molecular weight excluding hydrogens is 613 g/mol. The van der Waals surface area contributed by atoms with E-state index in [-0.39, 0.29) is 19.4 Å². The summed E-state index contributed by atoms with van der Waals surface area (Å²) in [5, 5.41) is 3.52. The van der Waals surface area contributed by atoms with Crippen LogP contribution in [0.1, 0.15) is 96.7 Å². The Morgan fingerprint density at radius 3 is 2.50 bits per heavy atom. The van der Waals surface area contributed by atoms with Crippen LogP contribution in [-0.4, -0.2) is 42.0 Å².